The Morgan fingerprint density at radius 2 is 2.00 bits per heavy atom. The van der Waals surface area contributed by atoms with Gasteiger partial charge in [0.05, 0.1) is 43.0 Å². The zero-order valence-electron chi connectivity index (χ0n) is 16.7. The van der Waals surface area contributed by atoms with Gasteiger partial charge in [0.15, 0.2) is 21.3 Å². The predicted octanol–water partition coefficient (Wildman–Crippen LogP) is 1.86. The highest BCUT2D eigenvalue weighted by molar-refractivity contribution is 7.91. The van der Waals surface area contributed by atoms with E-state index in [1.165, 1.54) is 27.4 Å². The molecule has 1 aliphatic rings. The van der Waals surface area contributed by atoms with Gasteiger partial charge in [-0.2, -0.15) is 5.26 Å². The fraction of sp³-hybridized carbons (Fsp3) is 0.350. The summed E-state index contributed by atoms with van der Waals surface area (Å²) >= 11 is 0. The van der Waals surface area contributed by atoms with Crippen molar-refractivity contribution in [2.45, 2.75) is 19.4 Å². The van der Waals surface area contributed by atoms with Crippen molar-refractivity contribution in [3.05, 3.63) is 45.2 Å². The first-order valence-corrected chi connectivity index (χ1v) is 10.9. The first-order chi connectivity index (χ1) is 14.2. The van der Waals surface area contributed by atoms with Gasteiger partial charge in [0.2, 0.25) is 5.88 Å². The van der Waals surface area contributed by atoms with Crippen LogP contribution in [0, 0.1) is 18.3 Å². The van der Waals surface area contributed by atoms with Crippen molar-refractivity contribution in [2.24, 2.45) is 4.99 Å². The largest absolute Gasteiger partial charge is 0.494 e. The first-order valence-electron chi connectivity index (χ1n) is 9.07. The molecule has 158 valence electrons. The molecule has 1 saturated heterocycles. The summed E-state index contributed by atoms with van der Waals surface area (Å²) in [6.07, 6.45) is 1.53. The Hall–Kier alpha value is -3.32. The third-order valence-electron chi connectivity index (χ3n) is 5.08. The van der Waals surface area contributed by atoms with Crippen LogP contribution in [0.5, 0.6) is 17.4 Å². The molecule has 1 fully saturated rings. The van der Waals surface area contributed by atoms with Crippen LogP contribution >= 0.6 is 0 Å². The first kappa shape index (κ1) is 21.4. The van der Waals surface area contributed by atoms with Gasteiger partial charge in [0.25, 0.3) is 5.56 Å². The quantitative estimate of drug-likeness (QED) is 0.715. The molecule has 1 aromatic heterocycles. The molecule has 3 rings (SSSR count). The minimum absolute atomic E-state index is 0.0750. The molecule has 0 unspecified atom stereocenters. The average Bonchev–Trinajstić information content (AvgIpc) is 3.07. The highest BCUT2D eigenvalue weighted by atomic mass is 32.2. The molecular formula is C20H21N3O6S. The van der Waals surface area contributed by atoms with Crippen molar-refractivity contribution in [3.63, 3.8) is 0 Å². The van der Waals surface area contributed by atoms with Crippen molar-refractivity contribution < 1.29 is 23.0 Å². The fourth-order valence-corrected chi connectivity index (χ4v) is 5.16. The van der Waals surface area contributed by atoms with Gasteiger partial charge in [0.1, 0.15) is 11.6 Å². The van der Waals surface area contributed by atoms with E-state index in [1.54, 1.807) is 18.2 Å². The summed E-state index contributed by atoms with van der Waals surface area (Å²) in [5, 5.41) is 20.2. The lowest BCUT2D eigenvalue weighted by molar-refractivity contribution is 0.355. The average molecular weight is 431 g/mol. The van der Waals surface area contributed by atoms with E-state index in [0.717, 1.165) is 4.57 Å². The van der Waals surface area contributed by atoms with Gasteiger partial charge in [-0.15, -0.1) is 0 Å². The molecule has 9 nitrogen and oxygen atoms in total. The van der Waals surface area contributed by atoms with Crippen LogP contribution in [0.3, 0.4) is 0 Å². The Kier molecular flexibility index (Phi) is 5.85. The van der Waals surface area contributed by atoms with Crippen LogP contribution in [-0.4, -0.2) is 50.0 Å². The summed E-state index contributed by atoms with van der Waals surface area (Å²) in [4.78, 5) is 17.1. The maximum absolute atomic E-state index is 12.7. The number of nitrogens with zero attached hydrogens (tertiary/aromatic N) is 3. The van der Waals surface area contributed by atoms with Gasteiger partial charge in [0, 0.05) is 12.3 Å². The Morgan fingerprint density at radius 3 is 2.57 bits per heavy atom. The van der Waals surface area contributed by atoms with Crippen LogP contribution in [0.25, 0.3) is 0 Å². The topological polar surface area (TPSA) is 131 Å². The molecule has 2 aromatic rings. The third kappa shape index (κ3) is 3.89. The number of hydrogen-bond acceptors (Lipinski definition) is 8. The number of aromatic hydroxyl groups is 1. The van der Waals surface area contributed by atoms with E-state index in [2.05, 4.69) is 4.99 Å². The number of nitriles is 1. The lowest BCUT2D eigenvalue weighted by Gasteiger charge is -2.18. The summed E-state index contributed by atoms with van der Waals surface area (Å²) in [6, 6.07) is 6.10. The van der Waals surface area contributed by atoms with Gasteiger partial charge >= 0.3 is 0 Å². The van der Waals surface area contributed by atoms with Crippen molar-refractivity contribution in [1.29, 1.82) is 5.26 Å². The molecule has 2 heterocycles. The number of sulfone groups is 1. The summed E-state index contributed by atoms with van der Waals surface area (Å²) in [5.74, 6) is 0.239. The second-order valence-corrected chi connectivity index (χ2v) is 9.11. The van der Waals surface area contributed by atoms with Gasteiger partial charge in [-0.3, -0.25) is 14.4 Å². The molecule has 10 heteroatoms. The number of methoxy groups -OCH3 is 2. The maximum atomic E-state index is 12.7. The summed E-state index contributed by atoms with van der Waals surface area (Å²) in [6.45, 7) is 1.53. The number of rotatable bonds is 5. The van der Waals surface area contributed by atoms with Crippen LogP contribution in [0.1, 0.15) is 29.2 Å². The van der Waals surface area contributed by atoms with Gasteiger partial charge < -0.3 is 14.6 Å². The molecule has 0 spiro atoms. The number of hydrogen-bond donors (Lipinski definition) is 1. The predicted molar refractivity (Wildman–Crippen MR) is 111 cm³/mol. The number of aliphatic imine (C=N–C) groups is 1. The normalized spacial score (nSPS) is 17.7. The number of aromatic nitrogens is 1. The second-order valence-electron chi connectivity index (χ2n) is 6.88. The highest BCUT2D eigenvalue weighted by Crippen LogP contribution is 2.32. The molecule has 0 amide bonds. The zero-order valence-corrected chi connectivity index (χ0v) is 17.6. The minimum Gasteiger partial charge on any atom is -0.494 e. The molecule has 0 saturated carbocycles. The van der Waals surface area contributed by atoms with Gasteiger partial charge in [-0.25, -0.2) is 8.42 Å². The lowest BCUT2D eigenvalue weighted by atomic mass is 10.0. The van der Waals surface area contributed by atoms with E-state index >= 15 is 0 Å². The maximum Gasteiger partial charge on any atom is 0.271 e. The van der Waals surface area contributed by atoms with Crippen LogP contribution in [0.4, 0.5) is 5.69 Å². The molecule has 1 atom stereocenters. The van der Waals surface area contributed by atoms with E-state index in [4.69, 9.17) is 9.47 Å². The standard InChI is InChI=1S/C20H21N3O6S/c1-12-15(9-21)19(24)23(14-6-7-30(26,27)11-14)20(25)16(12)10-22-13-4-5-17(28-2)18(8-13)29-3/h4-5,8,10,14,25H,6-7,11H2,1-3H3/t14-/m0/s1. The molecule has 0 radical (unpaired) electrons. The Morgan fingerprint density at radius 1 is 1.30 bits per heavy atom. The van der Waals surface area contributed by atoms with Gasteiger partial charge in [-0.1, -0.05) is 0 Å². The molecule has 1 aliphatic heterocycles. The van der Waals surface area contributed by atoms with E-state index in [0.29, 0.717) is 17.2 Å². The monoisotopic (exact) mass is 431 g/mol. The number of pyridine rings is 1. The summed E-state index contributed by atoms with van der Waals surface area (Å²) in [5.41, 5.74) is 0.0569. The van der Waals surface area contributed by atoms with E-state index < -0.39 is 27.3 Å². The highest BCUT2D eigenvalue weighted by Gasteiger charge is 2.33. The van der Waals surface area contributed by atoms with Crippen molar-refractivity contribution in [1.82, 2.24) is 4.57 Å². The lowest BCUT2D eigenvalue weighted by Crippen LogP contribution is -2.29. The SMILES string of the molecule is COc1ccc(N=Cc2c(C)c(C#N)c(=O)n([C@H]3CCS(=O)(=O)C3)c2O)cc1OC. The van der Waals surface area contributed by atoms with Gasteiger partial charge in [-0.05, 0) is 31.0 Å². The van der Waals surface area contributed by atoms with E-state index in [1.807, 2.05) is 6.07 Å². The number of ether oxygens (including phenoxy) is 2. The Balaban J connectivity index is 2.11. The second kappa shape index (κ2) is 8.20. The minimum atomic E-state index is -3.30. The third-order valence-corrected chi connectivity index (χ3v) is 6.83. The number of benzene rings is 1. The molecule has 1 N–H and O–H groups in total. The van der Waals surface area contributed by atoms with Crippen LogP contribution in [0.15, 0.2) is 28.0 Å². The smallest absolute Gasteiger partial charge is 0.271 e. The molecule has 0 aliphatic carbocycles. The van der Waals surface area contributed by atoms with Crippen molar-refractivity contribution >= 4 is 21.7 Å². The van der Waals surface area contributed by atoms with Crippen LogP contribution in [0.2, 0.25) is 0 Å². The molecule has 1 aromatic carbocycles. The zero-order chi connectivity index (χ0) is 22.1. The fourth-order valence-electron chi connectivity index (χ4n) is 3.46. The van der Waals surface area contributed by atoms with Crippen molar-refractivity contribution in [2.75, 3.05) is 25.7 Å². The van der Waals surface area contributed by atoms with Crippen LogP contribution in [-0.2, 0) is 9.84 Å². The Labute approximate surface area is 173 Å². The van der Waals surface area contributed by atoms with Crippen molar-refractivity contribution in [3.8, 4) is 23.4 Å². The van der Waals surface area contributed by atoms with Crippen LogP contribution < -0.4 is 15.0 Å². The molecular weight excluding hydrogens is 410 g/mol. The summed E-state index contributed by atoms with van der Waals surface area (Å²) < 4.78 is 35.1. The molecule has 30 heavy (non-hydrogen) atoms. The Bertz CT molecular complexity index is 1220. The van der Waals surface area contributed by atoms with E-state index in [-0.39, 0.29) is 34.6 Å². The molecule has 0 bridgehead atoms. The van der Waals surface area contributed by atoms with E-state index in [9.17, 15) is 23.6 Å². The summed E-state index contributed by atoms with van der Waals surface area (Å²) in [7, 11) is -0.298.